The molecule has 9 heteroatoms. The monoisotopic (exact) mass is 435 g/mol. The molecule has 9 nitrogen and oxygen atoms in total. The van der Waals surface area contributed by atoms with Gasteiger partial charge in [0.15, 0.2) is 12.4 Å². The zero-order valence-corrected chi connectivity index (χ0v) is 16.8. The number of nitro benzene ring substituents is 1. The number of carbonyl (C=O) groups excluding carboxylic acids is 3. The van der Waals surface area contributed by atoms with Gasteiger partial charge in [-0.05, 0) is 48.5 Å². The van der Waals surface area contributed by atoms with E-state index in [4.69, 9.17) is 14.2 Å². The fourth-order valence-corrected chi connectivity index (χ4v) is 2.72. The summed E-state index contributed by atoms with van der Waals surface area (Å²) in [6, 6.07) is 17.4. The molecule has 0 fully saturated rings. The number of ketones is 1. The van der Waals surface area contributed by atoms with Crippen LogP contribution in [0.15, 0.2) is 72.8 Å². The lowest BCUT2D eigenvalue weighted by Gasteiger charge is -2.07. The second-order valence-electron chi connectivity index (χ2n) is 6.42. The van der Waals surface area contributed by atoms with Crippen molar-refractivity contribution in [2.24, 2.45) is 0 Å². The van der Waals surface area contributed by atoms with Crippen LogP contribution >= 0.6 is 0 Å². The van der Waals surface area contributed by atoms with Gasteiger partial charge in [-0.25, -0.2) is 9.59 Å². The van der Waals surface area contributed by atoms with Crippen molar-refractivity contribution in [2.45, 2.75) is 0 Å². The highest BCUT2D eigenvalue weighted by Gasteiger charge is 2.21. The number of hydrogen-bond donors (Lipinski definition) is 0. The van der Waals surface area contributed by atoms with Gasteiger partial charge in [0, 0.05) is 11.6 Å². The molecule has 3 rings (SSSR count). The highest BCUT2D eigenvalue weighted by atomic mass is 16.6. The van der Waals surface area contributed by atoms with Crippen LogP contribution in [0.4, 0.5) is 5.69 Å². The van der Waals surface area contributed by atoms with Crippen LogP contribution in [0.3, 0.4) is 0 Å². The first-order valence-electron chi connectivity index (χ1n) is 9.29. The topological polar surface area (TPSA) is 122 Å². The fraction of sp³-hybridized carbons (Fsp3) is 0.0870. The number of nitro groups is 1. The molecular formula is C23H17NO8. The van der Waals surface area contributed by atoms with Crippen LogP contribution < -0.4 is 9.47 Å². The Balaban J connectivity index is 1.60. The number of esters is 2. The van der Waals surface area contributed by atoms with Crippen molar-refractivity contribution in [1.82, 2.24) is 0 Å². The Morgan fingerprint density at radius 2 is 1.56 bits per heavy atom. The SMILES string of the molecule is COc1cccc(C(=O)Oc2ccc(C(=O)COC(=O)c3ccccc3[N+](=O)[O-])cc2)c1. The standard InChI is InChI=1S/C23H17NO8/c1-30-18-6-4-5-16(13-18)22(26)32-17-11-9-15(10-12-17)21(25)14-31-23(27)19-7-2-3-8-20(19)24(28)29/h2-13H,14H2,1H3. The minimum atomic E-state index is -0.977. The summed E-state index contributed by atoms with van der Waals surface area (Å²) in [5.74, 6) is -1.37. The number of nitrogens with zero attached hydrogens (tertiary/aromatic N) is 1. The van der Waals surface area contributed by atoms with E-state index < -0.39 is 34.9 Å². The number of hydrogen-bond acceptors (Lipinski definition) is 8. The number of ether oxygens (including phenoxy) is 3. The smallest absolute Gasteiger partial charge is 0.345 e. The van der Waals surface area contributed by atoms with E-state index in [1.165, 1.54) is 61.7 Å². The van der Waals surface area contributed by atoms with Gasteiger partial charge in [0.25, 0.3) is 5.69 Å². The van der Waals surface area contributed by atoms with Crippen LogP contribution in [0, 0.1) is 10.1 Å². The first-order valence-corrected chi connectivity index (χ1v) is 9.29. The molecule has 0 bridgehead atoms. The number of carbonyl (C=O) groups is 3. The minimum absolute atomic E-state index is 0.210. The van der Waals surface area contributed by atoms with Crippen molar-refractivity contribution in [2.75, 3.05) is 13.7 Å². The summed E-state index contributed by atoms with van der Waals surface area (Å²) in [4.78, 5) is 46.9. The Kier molecular flexibility index (Phi) is 6.92. The summed E-state index contributed by atoms with van der Waals surface area (Å²) < 4.78 is 15.3. The Morgan fingerprint density at radius 3 is 2.25 bits per heavy atom. The van der Waals surface area contributed by atoms with Crippen LogP contribution in [-0.4, -0.2) is 36.4 Å². The van der Waals surface area contributed by atoms with Gasteiger partial charge >= 0.3 is 11.9 Å². The Hall–Kier alpha value is -4.53. The zero-order valence-electron chi connectivity index (χ0n) is 16.8. The van der Waals surface area contributed by atoms with E-state index >= 15 is 0 Å². The Labute approximate surface area is 182 Å². The average molecular weight is 435 g/mol. The van der Waals surface area contributed by atoms with Crippen LogP contribution in [0.5, 0.6) is 11.5 Å². The molecule has 0 spiro atoms. The molecule has 3 aromatic rings. The Morgan fingerprint density at radius 1 is 0.844 bits per heavy atom. The fourth-order valence-electron chi connectivity index (χ4n) is 2.72. The van der Waals surface area contributed by atoms with Gasteiger partial charge in [0.1, 0.15) is 17.1 Å². The van der Waals surface area contributed by atoms with Crippen LogP contribution in [0.25, 0.3) is 0 Å². The van der Waals surface area contributed by atoms with E-state index in [1.807, 2.05) is 0 Å². The van der Waals surface area contributed by atoms with Gasteiger partial charge < -0.3 is 14.2 Å². The molecule has 0 aromatic heterocycles. The van der Waals surface area contributed by atoms with E-state index in [1.54, 1.807) is 18.2 Å². The molecule has 0 atom stereocenters. The van der Waals surface area contributed by atoms with Crippen molar-refractivity contribution >= 4 is 23.4 Å². The zero-order chi connectivity index (χ0) is 23.1. The van der Waals surface area contributed by atoms with Crippen molar-refractivity contribution in [3.63, 3.8) is 0 Å². The maximum absolute atomic E-state index is 12.3. The lowest BCUT2D eigenvalue weighted by molar-refractivity contribution is -0.385. The summed E-state index contributed by atoms with van der Waals surface area (Å²) in [5.41, 5.74) is -0.148. The molecule has 3 aromatic carbocycles. The molecule has 0 unspecified atom stereocenters. The normalized spacial score (nSPS) is 10.2. The van der Waals surface area contributed by atoms with E-state index in [2.05, 4.69) is 0 Å². The summed E-state index contributed by atoms with van der Waals surface area (Å²) in [6.07, 6.45) is 0. The number of benzene rings is 3. The first kappa shape index (κ1) is 22.2. The summed E-state index contributed by atoms with van der Waals surface area (Å²) in [5, 5.41) is 11.0. The number of methoxy groups -OCH3 is 1. The van der Waals surface area contributed by atoms with Crippen molar-refractivity contribution in [3.05, 3.63) is 99.6 Å². The first-order chi connectivity index (χ1) is 15.4. The summed E-state index contributed by atoms with van der Waals surface area (Å²) in [7, 11) is 1.48. The van der Waals surface area contributed by atoms with Gasteiger partial charge in [-0.1, -0.05) is 18.2 Å². The van der Waals surface area contributed by atoms with Gasteiger partial charge in [-0.2, -0.15) is 0 Å². The molecule has 0 amide bonds. The molecule has 0 saturated carbocycles. The van der Waals surface area contributed by atoms with Crippen molar-refractivity contribution < 1.29 is 33.5 Å². The van der Waals surface area contributed by atoms with Crippen LogP contribution in [0.1, 0.15) is 31.1 Å². The number of Topliss-reactive ketones (excluding diaryl/α,β-unsaturated/α-hetero) is 1. The highest BCUT2D eigenvalue weighted by molar-refractivity contribution is 6.00. The Bertz CT molecular complexity index is 1170. The molecule has 0 heterocycles. The number of rotatable bonds is 8. The molecule has 0 aliphatic carbocycles. The third-order valence-electron chi connectivity index (χ3n) is 4.35. The molecule has 0 saturated heterocycles. The molecule has 0 N–H and O–H groups in total. The second-order valence-corrected chi connectivity index (χ2v) is 6.42. The molecule has 32 heavy (non-hydrogen) atoms. The second kappa shape index (κ2) is 9.98. The molecule has 162 valence electrons. The average Bonchev–Trinajstić information content (AvgIpc) is 2.82. The predicted octanol–water partition coefficient (Wildman–Crippen LogP) is 3.86. The molecule has 0 aliphatic heterocycles. The van der Waals surface area contributed by atoms with E-state index in [-0.39, 0.29) is 16.9 Å². The maximum atomic E-state index is 12.3. The van der Waals surface area contributed by atoms with Crippen molar-refractivity contribution in [3.8, 4) is 11.5 Å². The summed E-state index contributed by atoms with van der Waals surface area (Å²) >= 11 is 0. The predicted molar refractivity (Wildman–Crippen MR) is 112 cm³/mol. The molecule has 0 radical (unpaired) electrons. The molecule has 0 aliphatic rings. The lowest BCUT2D eigenvalue weighted by Crippen LogP contribution is -2.15. The van der Waals surface area contributed by atoms with Gasteiger partial charge in [-0.15, -0.1) is 0 Å². The quantitative estimate of drug-likeness (QED) is 0.172. The maximum Gasteiger partial charge on any atom is 0.345 e. The van der Waals surface area contributed by atoms with Crippen LogP contribution in [0.2, 0.25) is 0 Å². The third-order valence-corrected chi connectivity index (χ3v) is 4.35. The largest absolute Gasteiger partial charge is 0.497 e. The van der Waals surface area contributed by atoms with E-state index in [0.717, 1.165) is 0 Å². The number of para-hydroxylation sites is 1. The highest BCUT2D eigenvalue weighted by Crippen LogP contribution is 2.20. The van der Waals surface area contributed by atoms with Gasteiger partial charge in [0.2, 0.25) is 0 Å². The minimum Gasteiger partial charge on any atom is -0.497 e. The van der Waals surface area contributed by atoms with E-state index in [0.29, 0.717) is 11.3 Å². The summed E-state index contributed by atoms with van der Waals surface area (Å²) in [6.45, 7) is -0.603. The lowest BCUT2D eigenvalue weighted by atomic mass is 10.1. The third kappa shape index (κ3) is 5.33. The van der Waals surface area contributed by atoms with E-state index in [9.17, 15) is 24.5 Å². The molecular weight excluding hydrogens is 418 g/mol. The van der Waals surface area contributed by atoms with Gasteiger partial charge in [-0.3, -0.25) is 14.9 Å². The van der Waals surface area contributed by atoms with Crippen molar-refractivity contribution in [1.29, 1.82) is 0 Å². The van der Waals surface area contributed by atoms with Gasteiger partial charge in [0.05, 0.1) is 17.6 Å². The van der Waals surface area contributed by atoms with Crippen LogP contribution in [-0.2, 0) is 4.74 Å².